The molecule has 2 aromatic carbocycles. The van der Waals surface area contributed by atoms with Crippen LogP contribution >= 0.6 is 0 Å². The molecule has 0 spiro atoms. The van der Waals surface area contributed by atoms with E-state index in [1.54, 1.807) is 18.2 Å². The van der Waals surface area contributed by atoms with Gasteiger partial charge in [-0.15, -0.1) is 0 Å². The van der Waals surface area contributed by atoms with Crippen molar-refractivity contribution in [3.63, 3.8) is 0 Å². The van der Waals surface area contributed by atoms with Gasteiger partial charge in [0.05, 0.1) is 18.2 Å². The summed E-state index contributed by atoms with van der Waals surface area (Å²) in [7, 11) is 1.36. The van der Waals surface area contributed by atoms with Crippen molar-refractivity contribution in [2.24, 2.45) is 0 Å². The number of aromatic nitrogens is 2. The smallest absolute Gasteiger partial charge is 0.337 e. The number of benzene rings is 2. The van der Waals surface area contributed by atoms with Crippen LogP contribution in [-0.4, -0.2) is 23.3 Å². The highest BCUT2D eigenvalue weighted by molar-refractivity contribution is 5.99. The van der Waals surface area contributed by atoms with E-state index >= 15 is 0 Å². The second-order valence-corrected chi connectivity index (χ2v) is 4.97. The maximum atomic E-state index is 11.7. The molecular weight excluding hydrogens is 280 g/mol. The molecular formula is C17H12N2O3. The van der Waals surface area contributed by atoms with E-state index in [4.69, 9.17) is 9.15 Å². The molecule has 4 rings (SSSR count). The van der Waals surface area contributed by atoms with Gasteiger partial charge in [-0.25, -0.2) is 4.79 Å². The minimum absolute atomic E-state index is 0.376. The van der Waals surface area contributed by atoms with E-state index in [2.05, 4.69) is 10.2 Å². The van der Waals surface area contributed by atoms with Crippen LogP contribution in [0.15, 0.2) is 52.9 Å². The van der Waals surface area contributed by atoms with Crippen molar-refractivity contribution in [3.8, 4) is 11.5 Å². The third kappa shape index (κ3) is 1.87. The van der Waals surface area contributed by atoms with Crippen molar-refractivity contribution in [1.29, 1.82) is 0 Å². The van der Waals surface area contributed by atoms with Gasteiger partial charge in [-0.2, -0.15) is 5.10 Å². The number of ether oxygens (including phenoxy) is 1. The lowest BCUT2D eigenvalue weighted by molar-refractivity contribution is 0.0601. The van der Waals surface area contributed by atoms with Crippen LogP contribution in [0.3, 0.4) is 0 Å². The summed E-state index contributed by atoms with van der Waals surface area (Å²) in [6.07, 6.45) is 0. The summed E-state index contributed by atoms with van der Waals surface area (Å²) in [4.78, 5) is 11.7. The Kier molecular flexibility index (Phi) is 2.72. The van der Waals surface area contributed by atoms with E-state index in [-0.39, 0.29) is 5.97 Å². The summed E-state index contributed by atoms with van der Waals surface area (Å²) >= 11 is 0. The fourth-order valence-corrected chi connectivity index (χ4v) is 2.55. The van der Waals surface area contributed by atoms with Crippen molar-refractivity contribution < 1.29 is 13.9 Å². The number of aromatic amines is 1. The monoisotopic (exact) mass is 292 g/mol. The first-order chi connectivity index (χ1) is 10.8. The maximum absolute atomic E-state index is 11.7. The Morgan fingerprint density at radius 2 is 2.05 bits per heavy atom. The minimum Gasteiger partial charge on any atom is -0.465 e. The van der Waals surface area contributed by atoms with E-state index in [1.165, 1.54) is 7.11 Å². The fourth-order valence-electron chi connectivity index (χ4n) is 2.55. The first kappa shape index (κ1) is 12.6. The van der Waals surface area contributed by atoms with Crippen LogP contribution in [-0.2, 0) is 4.74 Å². The van der Waals surface area contributed by atoms with Crippen molar-refractivity contribution in [2.45, 2.75) is 0 Å². The number of furan rings is 1. The normalized spacial score (nSPS) is 11.1. The molecule has 0 bridgehead atoms. The molecule has 5 heteroatoms. The Balaban J connectivity index is 1.92. The SMILES string of the molecule is COC(=O)c1ccc2[nH]nc(-c3cc4ccccc4o3)c2c1. The molecule has 5 nitrogen and oxygen atoms in total. The molecule has 0 radical (unpaired) electrons. The van der Waals surface area contributed by atoms with Crippen LogP contribution < -0.4 is 0 Å². The molecule has 108 valence electrons. The zero-order valence-corrected chi connectivity index (χ0v) is 11.8. The third-order valence-electron chi connectivity index (χ3n) is 3.64. The molecule has 0 atom stereocenters. The summed E-state index contributed by atoms with van der Waals surface area (Å²) < 4.78 is 10.6. The van der Waals surface area contributed by atoms with Gasteiger partial charge < -0.3 is 9.15 Å². The van der Waals surface area contributed by atoms with Crippen LogP contribution in [0.1, 0.15) is 10.4 Å². The van der Waals surface area contributed by atoms with Crippen LogP contribution in [0.4, 0.5) is 0 Å². The summed E-state index contributed by atoms with van der Waals surface area (Å²) in [6, 6.07) is 15.0. The fraction of sp³-hybridized carbons (Fsp3) is 0.0588. The average Bonchev–Trinajstić information content (AvgIpc) is 3.16. The number of carbonyl (C=O) groups excluding carboxylic acids is 1. The number of fused-ring (bicyclic) bond motifs is 2. The number of esters is 1. The number of methoxy groups -OCH3 is 1. The number of H-pyrrole nitrogens is 1. The maximum Gasteiger partial charge on any atom is 0.337 e. The lowest BCUT2D eigenvalue weighted by Gasteiger charge is -1.99. The Morgan fingerprint density at radius 3 is 2.86 bits per heavy atom. The van der Waals surface area contributed by atoms with Gasteiger partial charge in [0, 0.05) is 10.8 Å². The Bertz CT molecular complexity index is 964. The Labute approximate surface area is 125 Å². The number of carbonyl (C=O) groups is 1. The molecule has 0 unspecified atom stereocenters. The highest BCUT2D eigenvalue weighted by Gasteiger charge is 2.15. The number of hydrogen-bond donors (Lipinski definition) is 1. The zero-order chi connectivity index (χ0) is 15.1. The molecule has 0 aliphatic heterocycles. The van der Waals surface area contributed by atoms with Crippen LogP contribution in [0.5, 0.6) is 0 Å². The predicted molar refractivity (Wildman–Crippen MR) is 82.6 cm³/mol. The summed E-state index contributed by atoms with van der Waals surface area (Å²) in [6.45, 7) is 0. The van der Waals surface area contributed by atoms with E-state index in [1.807, 2.05) is 30.3 Å². The van der Waals surface area contributed by atoms with Gasteiger partial charge in [0.15, 0.2) is 5.76 Å². The molecule has 4 aromatic rings. The van der Waals surface area contributed by atoms with Gasteiger partial charge >= 0.3 is 5.97 Å². The quantitative estimate of drug-likeness (QED) is 0.571. The minimum atomic E-state index is -0.376. The standard InChI is InChI=1S/C17H12N2O3/c1-21-17(20)11-6-7-13-12(8-11)16(19-18-13)15-9-10-4-2-3-5-14(10)22-15/h2-9H,1H3,(H,18,19). The molecule has 0 aliphatic rings. The second kappa shape index (κ2) is 4.73. The highest BCUT2D eigenvalue weighted by atomic mass is 16.5. The molecule has 1 N–H and O–H groups in total. The first-order valence-electron chi connectivity index (χ1n) is 6.81. The average molecular weight is 292 g/mol. The summed E-state index contributed by atoms with van der Waals surface area (Å²) in [5.74, 6) is 0.285. The molecule has 0 saturated heterocycles. The lowest BCUT2D eigenvalue weighted by atomic mass is 10.1. The Hall–Kier alpha value is -3.08. The molecule has 0 fully saturated rings. The second-order valence-electron chi connectivity index (χ2n) is 4.97. The van der Waals surface area contributed by atoms with Gasteiger partial charge in [0.1, 0.15) is 11.3 Å². The van der Waals surface area contributed by atoms with Gasteiger partial charge in [-0.1, -0.05) is 18.2 Å². The summed E-state index contributed by atoms with van der Waals surface area (Å²) in [5, 5.41) is 9.10. The number of para-hydroxylation sites is 1. The van der Waals surface area contributed by atoms with E-state index in [0.717, 1.165) is 21.9 Å². The Morgan fingerprint density at radius 1 is 1.18 bits per heavy atom. The van der Waals surface area contributed by atoms with Gasteiger partial charge in [-0.3, -0.25) is 5.10 Å². The predicted octanol–water partition coefficient (Wildman–Crippen LogP) is 3.76. The molecule has 22 heavy (non-hydrogen) atoms. The number of nitrogens with zero attached hydrogens (tertiary/aromatic N) is 1. The van der Waals surface area contributed by atoms with Crippen molar-refractivity contribution in [2.75, 3.05) is 7.11 Å². The van der Waals surface area contributed by atoms with Gasteiger partial charge in [-0.05, 0) is 30.3 Å². The van der Waals surface area contributed by atoms with Crippen molar-refractivity contribution >= 4 is 27.8 Å². The van der Waals surface area contributed by atoms with Crippen molar-refractivity contribution in [3.05, 3.63) is 54.1 Å². The van der Waals surface area contributed by atoms with Crippen LogP contribution in [0.2, 0.25) is 0 Å². The van der Waals surface area contributed by atoms with E-state index in [0.29, 0.717) is 17.0 Å². The lowest BCUT2D eigenvalue weighted by Crippen LogP contribution is -2.00. The van der Waals surface area contributed by atoms with E-state index in [9.17, 15) is 4.79 Å². The number of hydrogen-bond acceptors (Lipinski definition) is 4. The first-order valence-corrected chi connectivity index (χ1v) is 6.81. The number of nitrogens with one attached hydrogen (secondary N) is 1. The summed E-state index contributed by atoms with van der Waals surface area (Å²) in [5.41, 5.74) is 2.80. The molecule has 2 heterocycles. The molecule has 2 aromatic heterocycles. The third-order valence-corrected chi connectivity index (χ3v) is 3.64. The molecule has 0 amide bonds. The zero-order valence-electron chi connectivity index (χ0n) is 11.8. The topological polar surface area (TPSA) is 68.1 Å². The van der Waals surface area contributed by atoms with E-state index < -0.39 is 0 Å². The van der Waals surface area contributed by atoms with Crippen LogP contribution in [0.25, 0.3) is 33.3 Å². The molecule has 0 aliphatic carbocycles. The van der Waals surface area contributed by atoms with Crippen molar-refractivity contribution in [1.82, 2.24) is 10.2 Å². The van der Waals surface area contributed by atoms with Crippen LogP contribution in [0, 0.1) is 0 Å². The van der Waals surface area contributed by atoms with Gasteiger partial charge in [0.25, 0.3) is 0 Å². The highest BCUT2D eigenvalue weighted by Crippen LogP contribution is 2.31. The largest absolute Gasteiger partial charge is 0.465 e. The van der Waals surface area contributed by atoms with Gasteiger partial charge in [0.2, 0.25) is 0 Å². The molecule has 0 saturated carbocycles. The number of rotatable bonds is 2.